The molecule has 2 heterocycles. The standard InChI is InChI=1S/C13H15BrN4/c14-11-7-17-18(8-11)9-13-10(2-1-5-15-13)6-16-12-3-4-12/h1-2,5,7-8,12,16H,3-4,6,9H2. The van der Waals surface area contributed by atoms with E-state index < -0.39 is 0 Å². The van der Waals surface area contributed by atoms with E-state index in [4.69, 9.17) is 0 Å². The van der Waals surface area contributed by atoms with Gasteiger partial charge in [0.2, 0.25) is 0 Å². The largest absolute Gasteiger partial charge is 0.310 e. The molecule has 1 fully saturated rings. The molecule has 0 atom stereocenters. The van der Waals surface area contributed by atoms with Crippen LogP contribution < -0.4 is 5.32 Å². The molecule has 5 heteroatoms. The minimum atomic E-state index is 0.716. The van der Waals surface area contributed by atoms with E-state index in [1.165, 1.54) is 18.4 Å². The zero-order valence-electron chi connectivity index (χ0n) is 10.0. The highest BCUT2D eigenvalue weighted by Gasteiger charge is 2.20. The van der Waals surface area contributed by atoms with E-state index in [-0.39, 0.29) is 0 Å². The van der Waals surface area contributed by atoms with E-state index in [0.717, 1.165) is 22.8 Å². The van der Waals surface area contributed by atoms with Crippen LogP contribution >= 0.6 is 15.9 Å². The monoisotopic (exact) mass is 306 g/mol. The minimum Gasteiger partial charge on any atom is -0.310 e. The van der Waals surface area contributed by atoms with E-state index >= 15 is 0 Å². The van der Waals surface area contributed by atoms with Crippen molar-refractivity contribution in [1.82, 2.24) is 20.1 Å². The van der Waals surface area contributed by atoms with Crippen LogP contribution in [-0.4, -0.2) is 20.8 Å². The molecule has 1 aliphatic carbocycles. The van der Waals surface area contributed by atoms with E-state index in [0.29, 0.717) is 6.54 Å². The molecule has 0 aromatic carbocycles. The molecule has 94 valence electrons. The summed E-state index contributed by atoms with van der Waals surface area (Å²) in [6.45, 7) is 1.62. The van der Waals surface area contributed by atoms with Gasteiger partial charge in [-0.05, 0) is 40.4 Å². The van der Waals surface area contributed by atoms with Crippen LogP contribution in [0.5, 0.6) is 0 Å². The highest BCUT2D eigenvalue weighted by molar-refractivity contribution is 9.10. The van der Waals surface area contributed by atoms with E-state index in [9.17, 15) is 0 Å². The van der Waals surface area contributed by atoms with Gasteiger partial charge in [-0.15, -0.1) is 0 Å². The third-order valence-electron chi connectivity index (χ3n) is 3.06. The third kappa shape index (κ3) is 2.97. The second-order valence-corrected chi connectivity index (χ2v) is 5.54. The molecule has 0 unspecified atom stereocenters. The zero-order chi connectivity index (χ0) is 12.4. The molecule has 2 aromatic rings. The SMILES string of the molecule is Brc1cnn(Cc2ncccc2CNC2CC2)c1. The summed E-state index contributed by atoms with van der Waals surface area (Å²) >= 11 is 3.41. The van der Waals surface area contributed by atoms with Crippen molar-refractivity contribution < 1.29 is 0 Å². The zero-order valence-corrected chi connectivity index (χ0v) is 11.6. The Morgan fingerprint density at radius 1 is 1.44 bits per heavy atom. The molecule has 0 saturated heterocycles. The first kappa shape index (κ1) is 11.9. The molecular formula is C13H15BrN4. The summed E-state index contributed by atoms with van der Waals surface area (Å²) in [5.74, 6) is 0. The van der Waals surface area contributed by atoms with Gasteiger partial charge in [0.15, 0.2) is 0 Å². The van der Waals surface area contributed by atoms with Crippen LogP contribution in [-0.2, 0) is 13.1 Å². The van der Waals surface area contributed by atoms with E-state index in [1.807, 2.05) is 23.1 Å². The maximum atomic E-state index is 4.47. The van der Waals surface area contributed by atoms with Crippen molar-refractivity contribution in [3.8, 4) is 0 Å². The van der Waals surface area contributed by atoms with Crippen LogP contribution in [0.1, 0.15) is 24.1 Å². The third-order valence-corrected chi connectivity index (χ3v) is 3.47. The van der Waals surface area contributed by atoms with Gasteiger partial charge in [0, 0.05) is 25.0 Å². The number of hydrogen-bond acceptors (Lipinski definition) is 3. The topological polar surface area (TPSA) is 42.7 Å². The minimum absolute atomic E-state index is 0.716. The molecule has 1 saturated carbocycles. The van der Waals surface area contributed by atoms with Crippen molar-refractivity contribution in [2.75, 3.05) is 0 Å². The van der Waals surface area contributed by atoms with E-state index in [1.54, 1.807) is 6.20 Å². The Morgan fingerprint density at radius 2 is 2.33 bits per heavy atom. The van der Waals surface area contributed by atoms with Crippen LogP contribution in [0.2, 0.25) is 0 Å². The van der Waals surface area contributed by atoms with Crippen molar-refractivity contribution >= 4 is 15.9 Å². The molecule has 0 radical (unpaired) electrons. The summed E-state index contributed by atoms with van der Waals surface area (Å²) in [6.07, 6.45) is 8.22. The Kier molecular flexibility index (Phi) is 3.43. The molecule has 0 spiro atoms. The highest BCUT2D eigenvalue weighted by atomic mass is 79.9. The van der Waals surface area contributed by atoms with Crippen molar-refractivity contribution in [2.24, 2.45) is 0 Å². The van der Waals surface area contributed by atoms with Gasteiger partial charge in [0.05, 0.1) is 22.9 Å². The van der Waals surface area contributed by atoms with Crippen molar-refractivity contribution in [2.45, 2.75) is 32.0 Å². The average Bonchev–Trinajstić information content (AvgIpc) is 3.12. The Bertz CT molecular complexity index is 533. The van der Waals surface area contributed by atoms with Gasteiger partial charge in [-0.3, -0.25) is 9.67 Å². The number of hydrogen-bond donors (Lipinski definition) is 1. The molecule has 4 nitrogen and oxygen atoms in total. The number of rotatable bonds is 5. The molecule has 0 aliphatic heterocycles. The maximum Gasteiger partial charge on any atom is 0.0835 e. The van der Waals surface area contributed by atoms with Gasteiger partial charge < -0.3 is 5.32 Å². The lowest BCUT2D eigenvalue weighted by molar-refractivity contribution is 0.641. The normalized spacial score (nSPS) is 14.9. The van der Waals surface area contributed by atoms with Gasteiger partial charge in [0.25, 0.3) is 0 Å². The summed E-state index contributed by atoms with van der Waals surface area (Å²) in [5.41, 5.74) is 2.34. The van der Waals surface area contributed by atoms with Crippen LogP contribution in [0.3, 0.4) is 0 Å². The number of nitrogens with zero attached hydrogens (tertiary/aromatic N) is 3. The first-order valence-corrected chi connectivity index (χ1v) is 6.94. The summed E-state index contributed by atoms with van der Waals surface area (Å²) in [7, 11) is 0. The summed E-state index contributed by atoms with van der Waals surface area (Å²) in [6, 6.07) is 4.85. The van der Waals surface area contributed by atoms with Crippen LogP contribution in [0, 0.1) is 0 Å². The summed E-state index contributed by atoms with van der Waals surface area (Å²) in [5, 5.41) is 7.79. The molecule has 1 aliphatic rings. The highest BCUT2D eigenvalue weighted by Crippen LogP contribution is 2.20. The maximum absolute atomic E-state index is 4.47. The Hall–Kier alpha value is -1.20. The number of nitrogens with one attached hydrogen (secondary N) is 1. The second kappa shape index (κ2) is 5.20. The molecule has 0 amide bonds. The predicted molar refractivity (Wildman–Crippen MR) is 73.1 cm³/mol. The van der Waals surface area contributed by atoms with Gasteiger partial charge in [-0.2, -0.15) is 5.10 Å². The van der Waals surface area contributed by atoms with Crippen molar-refractivity contribution in [1.29, 1.82) is 0 Å². The van der Waals surface area contributed by atoms with Crippen LogP contribution in [0.15, 0.2) is 35.2 Å². The molecular weight excluding hydrogens is 292 g/mol. The number of aromatic nitrogens is 3. The lowest BCUT2D eigenvalue weighted by Crippen LogP contribution is -2.17. The quantitative estimate of drug-likeness (QED) is 0.922. The second-order valence-electron chi connectivity index (χ2n) is 4.62. The fourth-order valence-corrected chi connectivity index (χ4v) is 2.22. The smallest absolute Gasteiger partial charge is 0.0835 e. The Labute approximate surface area is 115 Å². The van der Waals surface area contributed by atoms with Gasteiger partial charge in [0.1, 0.15) is 0 Å². The van der Waals surface area contributed by atoms with E-state index in [2.05, 4.69) is 37.4 Å². The van der Waals surface area contributed by atoms with Crippen molar-refractivity contribution in [3.05, 3.63) is 46.5 Å². The predicted octanol–water partition coefficient (Wildman–Crippen LogP) is 2.34. The van der Waals surface area contributed by atoms with Gasteiger partial charge in [-0.1, -0.05) is 6.07 Å². The molecule has 1 N–H and O–H groups in total. The summed E-state index contributed by atoms with van der Waals surface area (Å²) < 4.78 is 2.89. The molecule has 2 aromatic heterocycles. The van der Waals surface area contributed by atoms with Crippen LogP contribution in [0.4, 0.5) is 0 Å². The molecule has 3 rings (SSSR count). The fraction of sp³-hybridized carbons (Fsp3) is 0.385. The Balaban J connectivity index is 1.73. The lowest BCUT2D eigenvalue weighted by atomic mass is 10.2. The van der Waals surface area contributed by atoms with Crippen LogP contribution in [0.25, 0.3) is 0 Å². The number of pyridine rings is 1. The first-order valence-electron chi connectivity index (χ1n) is 6.15. The Morgan fingerprint density at radius 3 is 3.06 bits per heavy atom. The van der Waals surface area contributed by atoms with Gasteiger partial charge >= 0.3 is 0 Å². The summed E-state index contributed by atoms with van der Waals surface area (Å²) in [4.78, 5) is 4.47. The first-order chi connectivity index (χ1) is 8.81. The number of halogens is 1. The average molecular weight is 307 g/mol. The van der Waals surface area contributed by atoms with Gasteiger partial charge in [-0.25, -0.2) is 0 Å². The van der Waals surface area contributed by atoms with Crippen molar-refractivity contribution in [3.63, 3.8) is 0 Å². The molecule has 0 bridgehead atoms. The molecule has 18 heavy (non-hydrogen) atoms. The fourth-order valence-electron chi connectivity index (χ4n) is 1.89. The lowest BCUT2D eigenvalue weighted by Gasteiger charge is -2.09.